The van der Waals surface area contributed by atoms with E-state index in [-0.39, 0.29) is 24.1 Å². The maximum atomic E-state index is 11.8. The summed E-state index contributed by atoms with van der Waals surface area (Å²) < 4.78 is 5.32. The van der Waals surface area contributed by atoms with E-state index < -0.39 is 0 Å². The molecule has 0 spiro atoms. The summed E-state index contributed by atoms with van der Waals surface area (Å²) in [5, 5.41) is 14.8. The number of rotatable bonds is 5. The molecule has 1 amide bonds. The molecule has 0 aliphatic carbocycles. The fraction of sp³-hybridized carbons (Fsp3) is 0.615. The Morgan fingerprint density at radius 1 is 1.39 bits per heavy atom. The molecule has 1 atom stereocenters. The molecule has 0 saturated carbocycles. The normalized spacial score (nSPS) is 13.4. The van der Waals surface area contributed by atoms with Crippen molar-refractivity contribution in [2.75, 3.05) is 0 Å². The average Bonchev–Trinajstić information content (AvgIpc) is 2.71. The van der Waals surface area contributed by atoms with Gasteiger partial charge in [-0.3, -0.25) is 10.1 Å². The van der Waals surface area contributed by atoms with Gasteiger partial charge in [-0.1, -0.05) is 0 Å². The molecule has 1 rings (SSSR count). The molecular formula is C13H22N2O3. The number of amides is 1. The zero-order valence-electron chi connectivity index (χ0n) is 11.4. The summed E-state index contributed by atoms with van der Waals surface area (Å²) in [5.74, 6) is 1.18. The standard InChI is InChI=1S/C13H22N2O3/c1-9(12(17)15-13(2,3)4)14-7-10-5-6-11(8-16)18-10/h5-6,9,14,16H,7-8H2,1-4H3,(H,15,17). The SMILES string of the molecule is CC(NCc1ccc(CO)o1)C(=O)NC(C)(C)C. The maximum Gasteiger partial charge on any atom is 0.237 e. The molecule has 0 aliphatic rings. The van der Waals surface area contributed by atoms with E-state index in [9.17, 15) is 4.79 Å². The number of nitrogens with one attached hydrogen (secondary N) is 2. The lowest BCUT2D eigenvalue weighted by atomic mass is 10.1. The maximum absolute atomic E-state index is 11.8. The molecule has 0 radical (unpaired) electrons. The summed E-state index contributed by atoms with van der Waals surface area (Å²) in [6.45, 7) is 7.97. The Bertz CT molecular complexity index is 393. The van der Waals surface area contributed by atoms with Gasteiger partial charge in [0.05, 0.1) is 12.6 Å². The quantitative estimate of drug-likeness (QED) is 0.737. The van der Waals surface area contributed by atoms with Gasteiger partial charge in [-0.25, -0.2) is 0 Å². The molecule has 0 aromatic carbocycles. The summed E-state index contributed by atoms with van der Waals surface area (Å²) in [4.78, 5) is 11.8. The Hall–Kier alpha value is -1.33. The zero-order valence-corrected chi connectivity index (χ0v) is 11.4. The number of aliphatic hydroxyl groups excluding tert-OH is 1. The highest BCUT2D eigenvalue weighted by molar-refractivity contribution is 5.81. The first-order valence-corrected chi connectivity index (χ1v) is 6.05. The largest absolute Gasteiger partial charge is 0.462 e. The van der Waals surface area contributed by atoms with Crippen LogP contribution in [0.25, 0.3) is 0 Å². The van der Waals surface area contributed by atoms with E-state index in [1.54, 1.807) is 19.1 Å². The lowest BCUT2D eigenvalue weighted by Crippen LogP contribution is -2.49. The van der Waals surface area contributed by atoms with Crippen LogP contribution in [0.3, 0.4) is 0 Å². The Kier molecular flexibility index (Phi) is 4.93. The van der Waals surface area contributed by atoms with Crippen LogP contribution in [0, 0.1) is 0 Å². The summed E-state index contributed by atoms with van der Waals surface area (Å²) in [7, 11) is 0. The van der Waals surface area contributed by atoms with Gasteiger partial charge in [0.25, 0.3) is 0 Å². The van der Waals surface area contributed by atoms with E-state index >= 15 is 0 Å². The third-order valence-corrected chi connectivity index (χ3v) is 2.35. The number of aliphatic hydroxyl groups is 1. The number of hydrogen-bond donors (Lipinski definition) is 3. The van der Waals surface area contributed by atoms with Crippen molar-refractivity contribution in [3.8, 4) is 0 Å². The van der Waals surface area contributed by atoms with Crippen LogP contribution in [0.4, 0.5) is 0 Å². The summed E-state index contributed by atoms with van der Waals surface area (Å²) in [6.07, 6.45) is 0. The molecule has 0 bridgehead atoms. The van der Waals surface area contributed by atoms with Gasteiger partial charge in [0.15, 0.2) is 0 Å². The first-order valence-electron chi connectivity index (χ1n) is 6.05. The van der Waals surface area contributed by atoms with E-state index in [2.05, 4.69) is 10.6 Å². The van der Waals surface area contributed by atoms with Gasteiger partial charge in [-0.2, -0.15) is 0 Å². The fourth-order valence-electron chi connectivity index (χ4n) is 1.43. The third kappa shape index (κ3) is 4.89. The van der Waals surface area contributed by atoms with Gasteiger partial charge in [-0.15, -0.1) is 0 Å². The van der Waals surface area contributed by atoms with E-state index in [1.165, 1.54) is 0 Å². The molecule has 18 heavy (non-hydrogen) atoms. The molecule has 0 saturated heterocycles. The average molecular weight is 254 g/mol. The van der Waals surface area contributed by atoms with Gasteiger partial charge in [0.1, 0.15) is 18.1 Å². The van der Waals surface area contributed by atoms with Crippen LogP contribution >= 0.6 is 0 Å². The fourth-order valence-corrected chi connectivity index (χ4v) is 1.43. The van der Waals surface area contributed by atoms with E-state index in [0.29, 0.717) is 18.1 Å². The highest BCUT2D eigenvalue weighted by atomic mass is 16.4. The topological polar surface area (TPSA) is 74.5 Å². The van der Waals surface area contributed by atoms with Crippen molar-refractivity contribution in [2.45, 2.75) is 52.4 Å². The summed E-state index contributed by atoms with van der Waals surface area (Å²) in [6, 6.07) is 3.20. The van der Waals surface area contributed by atoms with Crippen molar-refractivity contribution in [3.05, 3.63) is 23.7 Å². The summed E-state index contributed by atoms with van der Waals surface area (Å²) >= 11 is 0. The second-order valence-corrected chi connectivity index (χ2v) is 5.37. The minimum absolute atomic E-state index is 0.0450. The van der Waals surface area contributed by atoms with Crippen LogP contribution in [-0.4, -0.2) is 22.6 Å². The van der Waals surface area contributed by atoms with Crippen molar-refractivity contribution in [3.63, 3.8) is 0 Å². The van der Waals surface area contributed by atoms with Crippen molar-refractivity contribution in [1.29, 1.82) is 0 Å². The molecule has 5 heteroatoms. The van der Waals surface area contributed by atoms with Gasteiger partial charge < -0.3 is 14.8 Å². The molecule has 0 aliphatic heterocycles. The van der Waals surface area contributed by atoms with Crippen LogP contribution in [0.1, 0.15) is 39.2 Å². The molecule has 102 valence electrons. The smallest absolute Gasteiger partial charge is 0.237 e. The molecule has 5 nitrogen and oxygen atoms in total. The molecule has 1 heterocycles. The van der Waals surface area contributed by atoms with Gasteiger partial charge in [0.2, 0.25) is 5.91 Å². The monoisotopic (exact) mass is 254 g/mol. The van der Waals surface area contributed by atoms with Crippen LogP contribution < -0.4 is 10.6 Å². The van der Waals surface area contributed by atoms with Gasteiger partial charge in [-0.05, 0) is 39.8 Å². The molecule has 0 fully saturated rings. The number of carbonyl (C=O) groups excluding carboxylic acids is 1. The third-order valence-electron chi connectivity index (χ3n) is 2.35. The van der Waals surface area contributed by atoms with Crippen molar-refractivity contribution >= 4 is 5.91 Å². The Balaban J connectivity index is 2.41. The van der Waals surface area contributed by atoms with Gasteiger partial charge >= 0.3 is 0 Å². The second-order valence-electron chi connectivity index (χ2n) is 5.37. The lowest BCUT2D eigenvalue weighted by Gasteiger charge is -2.23. The Morgan fingerprint density at radius 2 is 2.00 bits per heavy atom. The predicted molar refractivity (Wildman–Crippen MR) is 68.8 cm³/mol. The number of hydrogen-bond acceptors (Lipinski definition) is 4. The molecule has 3 N–H and O–H groups in total. The first kappa shape index (κ1) is 14.7. The van der Waals surface area contributed by atoms with Crippen LogP contribution in [-0.2, 0) is 17.9 Å². The zero-order chi connectivity index (χ0) is 13.8. The van der Waals surface area contributed by atoms with Crippen LogP contribution in [0.2, 0.25) is 0 Å². The molecular weight excluding hydrogens is 232 g/mol. The van der Waals surface area contributed by atoms with Crippen molar-refractivity contribution in [1.82, 2.24) is 10.6 Å². The second kappa shape index (κ2) is 6.02. The minimum atomic E-state index is -0.299. The van der Waals surface area contributed by atoms with Crippen molar-refractivity contribution in [2.24, 2.45) is 0 Å². The number of furan rings is 1. The molecule has 1 unspecified atom stereocenters. The van der Waals surface area contributed by atoms with Crippen molar-refractivity contribution < 1.29 is 14.3 Å². The summed E-state index contributed by atoms with van der Waals surface area (Å²) in [5.41, 5.74) is -0.234. The Morgan fingerprint density at radius 3 is 2.50 bits per heavy atom. The van der Waals surface area contributed by atoms with E-state index in [4.69, 9.17) is 9.52 Å². The first-order chi connectivity index (χ1) is 8.31. The number of carbonyl (C=O) groups is 1. The highest BCUT2D eigenvalue weighted by Gasteiger charge is 2.18. The molecule has 1 aromatic rings. The van der Waals surface area contributed by atoms with E-state index in [0.717, 1.165) is 0 Å². The highest BCUT2D eigenvalue weighted by Crippen LogP contribution is 2.07. The van der Waals surface area contributed by atoms with E-state index in [1.807, 2.05) is 20.8 Å². The van der Waals surface area contributed by atoms with Gasteiger partial charge in [0, 0.05) is 5.54 Å². The lowest BCUT2D eigenvalue weighted by molar-refractivity contribution is -0.124. The molecule has 1 aromatic heterocycles. The predicted octanol–water partition coefficient (Wildman–Crippen LogP) is 1.16. The Labute approximate surface area is 108 Å². The minimum Gasteiger partial charge on any atom is -0.462 e. The van der Waals surface area contributed by atoms with Crippen LogP contribution in [0.15, 0.2) is 16.5 Å². The van der Waals surface area contributed by atoms with Crippen LogP contribution in [0.5, 0.6) is 0 Å².